The predicted molar refractivity (Wildman–Crippen MR) is 81.8 cm³/mol. The van der Waals surface area contributed by atoms with E-state index in [2.05, 4.69) is 9.55 Å². The molecule has 3 rings (SSSR count). The summed E-state index contributed by atoms with van der Waals surface area (Å²) in [5.74, 6) is 0.907. The molecule has 0 unspecified atom stereocenters. The topological polar surface area (TPSA) is 58.4 Å². The number of amides is 2. The summed E-state index contributed by atoms with van der Waals surface area (Å²) in [7, 11) is 1.78. The van der Waals surface area contributed by atoms with Gasteiger partial charge in [-0.1, -0.05) is 0 Å². The van der Waals surface area contributed by atoms with Crippen molar-refractivity contribution in [3.63, 3.8) is 0 Å². The van der Waals surface area contributed by atoms with E-state index in [1.54, 1.807) is 18.9 Å². The maximum Gasteiger partial charge on any atom is 0.223 e. The summed E-state index contributed by atoms with van der Waals surface area (Å²) in [4.78, 5) is 31.9. The molecule has 120 valence electrons. The van der Waals surface area contributed by atoms with Crippen molar-refractivity contribution in [2.45, 2.75) is 52.2 Å². The first-order valence-electron chi connectivity index (χ1n) is 8.07. The Morgan fingerprint density at radius 2 is 2.14 bits per heavy atom. The fourth-order valence-electron chi connectivity index (χ4n) is 2.89. The molecule has 0 atom stereocenters. The van der Waals surface area contributed by atoms with Gasteiger partial charge in [-0.3, -0.25) is 9.59 Å². The molecule has 6 nitrogen and oxygen atoms in total. The van der Waals surface area contributed by atoms with Crippen LogP contribution < -0.4 is 0 Å². The van der Waals surface area contributed by atoms with E-state index < -0.39 is 0 Å². The van der Waals surface area contributed by atoms with Crippen LogP contribution in [-0.4, -0.2) is 44.8 Å². The van der Waals surface area contributed by atoms with Crippen LogP contribution in [-0.2, 0) is 29.2 Å². The number of aryl methyl sites for hydroxylation is 1. The van der Waals surface area contributed by atoms with Gasteiger partial charge < -0.3 is 14.4 Å². The smallest absolute Gasteiger partial charge is 0.223 e. The monoisotopic (exact) mass is 304 g/mol. The Morgan fingerprint density at radius 3 is 2.82 bits per heavy atom. The van der Waals surface area contributed by atoms with Crippen molar-refractivity contribution < 1.29 is 9.59 Å². The van der Waals surface area contributed by atoms with Crippen molar-refractivity contribution in [1.29, 1.82) is 0 Å². The number of hydrogen-bond acceptors (Lipinski definition) is 3. The minimum atomic E-state index is 0.0250. The molecule has 2 amide bonds. The van der Waals surface area contributed by atoms with Gasteiger partial charge in [-0.25, -0.2) is 4.98 Å². The number of aromatic nitrogens is 2. The van der Waals surface area contributed by atoms with Gasteiger partial charge >= 0.3 is 0 Å². The van der Waals surface area contributed by atoms with E-state index in [0.717, 1.165) is 30.9 Å². The molecule has 2 heterocycles. The number of fused-ring (bicyclic) bond motifs is 1. The quantitative estimate of drug-likeness (QED) is 0.844. The van der Waals surface area contributed by atoms with E-state index in [-0.39, 0.29) is 11.8 Å². The summed E-state index contributed by atoms with van der Waals surface area (Å²) in [6.45, 7) is 4.38. The maximum absolute atomic E-state index is 12.4. The minimum absolute atomic E-state index is 0.0250. The lowest BCUT2D eigenvalue weighted by atomic mass is 10.2. The highest BCUT2D eigenvalue weighted by atomic mass is 16.2. The number of hydrogen-bond donors (Lipinski definition) is 0. The third-order valence-corrected chi connectivity index (χ3v) is 4.64. The molecule has 1 fully saturated rings. The predicted octanol–water partition coefficient (Wildman–Crippen LogP) is 1.39. The first-order chi connectivity index (χ1) is 10.5. The van der Waals surface area contributed by atoms with E-state index in [4.69, 9.17) is 0 Å². The van der Waals surface area contributed by atoms with Crippen LogP contribution in [0, 0.1) is 5.92 Å². The third kappa shape index (κ3) is 3.31. The Balaban J connectivity index is 1.74. The molecule has 6 heteroatoms. The van der Waals surface area contributed by atoms with Gasteiger partial charge in [0.05, 0.1) is 30.8 Å². The Morgan fingerprint density at radius 1 is 1.36 bits per heavy atom. The van der Waals surface area contributed by atoms with Crippen LogP contribution >= 0.6 is 0 Å². The molecule has 1 aromatic heterocycles. The van der Waals surface area contributed by atoms with Crippen molar-refractivity contribution in [2.24, 2.45) is 5.92 Å². The second-order valence-corrected chi connectivity index (χ2v) is 6.52. The normalized spacial score (nSPS) is 17.8. The largest absolute Gasteiger partial charge is 0.340 e. The first-order valence-corrected chi connectivity index (χ1v) is 8.07. The zero-order valence-corrected chi connectivity index (χ0v) is 13.4. The number of nitrogens with zero attached hydrogens (tertiary/aromatic N) is 4. The zero-order valence-electron chi connectivity index (χ0n) is 13.4. The van der Waals surface area contributed by atoms with Crippen molar-refractivity contribution in [3.05, 3.63) is 17.7 Å². The average Bonchev–Trinajstić information content (AvgIpc) is 3.25. The van der Waals surface area contributed by atoms with E-state index in [0.29, 0.717) is 25.4 Å². The summed E-state index contributed by atoms with van der Waals surface area (Å²) in [5, 5.41) is 0. The Bertz CT molecular complexity index is 577. The summed E-state index contributed by atoms with van der Waals surface area (Å²) in [5.41, 5.74) is 1.98. The molecule has 2 aliphatic rings. The van der Waals surface area contributed by atoms with E-state index in [1.165, 1.54) is 12.8 Å². The molecule has 1 aromatic rings. The van der Waals surface area contributed by atoms with Crippen LogP contribution in [0.25, 0.3) is 0 Å². The number of rotatable bonds is 4. The highest BCUT2D eigenvalue weighted by molar-refractivity contribution is 5.76. The zero-order chi connectivity index (χ0) is 15.7. The molecule has 1 aliphatic carbocycles. The van der Waals surface area contributed by atoms with Crippen LogP contribution in [0.4, 0.5) is 0 Å². The van der Waals surface area contributed by atoms with Crippen molar-refractivity contribution in [3.8, 4) is 0 Å². The van der Waals surface area contributed by atoms with Crippen LogP contribution in [0.2, 0.25) is 0 Å². The van der Waals surface area contributed by atoms with Gasteiger partial charge in [0.25, 0.3) is 0 Å². The summed E-state index contributed by atoms with van der Waals surface area (Å²) >= 11 is 0. The molecule has 0 saturated heterocycles. The van der Waals surface area contributed by atoms with Gasteiger partial charge in [0, 0.05) is 33.5 Å². The molecule has 0 aromatic carbocycles. The van der Waals surface area contributed by atoms with Crippen molar-refractivity contribution in [1.82, 2.24) is 19.4 Å². The van der Waals surface area contributed by atoms with E-state index in [9.17, 15) is 9.59 Å². The Labute approximate surface area is 131 Å². The minimum Gasteiger partial charge on any atom is -0.340 e. The summed E-state index contributed by atoms with van der Waals surface area (Å²) in [6.07, 6.45) is 5.89. The Kier molecular flexibility index (Phi) is 4.18. The number of carbonyl (C=O) groups is 2. The SMILES string of the molecule is CC(=O)N(C)Cc1ncn2c1CN(C(=O)CC1CC1)CCC2. The van der Waals surface area contributed by atoms with Gasteiger partial charge in [-0.05, 0) is 25.2 Å². The Hall–Kier alpha value is -1.85. The van der Waals surface area contributed by atoms with Gasteiger partial charge in [-0.2, -0.15) is 0 Å². The van der Waals surface area contributed by atoms with Crippen molar-refractivity contribution in [2.75, 3.05) is 13.6 Å². The average molecular weight is 304 g/mol. The van der Waals surface area contributed by atoms with Gasteiger partial charge in [0.15, 0.2) is 0 Å². The second kappa shape index (κ2) is 6.10. The fraction of sp³-hybridized carbons (Fsp3) is 0.688. The number of imidazole rings is 1. The molecule has 0 radical (unpaired) electrons. The summed E-state index contributed by atoms with van der Waals surface area (Å²) in [6, 6.07) is 0. The van der Waals surface area contributed by atoms with Gasteiger partial charge in [-0.15, -0.1) is 0 Å². The van der Waals surface area contributed by atoms with Gasteiger partial charge in [0.2, 0.25) is 11.8 Å². The highest BCUT2D eigenvalue weighted by Gasteiger charge is 2.29. The van der Waals surface area contributed by atoms with E-state index in [1.807, 2.05) is 11.2 Å². The molecule has 1 aliphatic heterocycles. The van der Waals surface area contributed by atoms with Crippen LogP contribution in [0.3, 0.4) is 0 Å². The maximum atomic E-state index is 12.4. The lowest BCUT2D eigenvalue weighted by Crippen LogP contribution is -2.31. The van der Waals surface area contributed by atoms with Crippen LogP contribution in [0.5, 0.6) is 0 Å². The van der Waals surface area contributed by atoms with Crippen molar-refractivity contribution >= 4 is 11.8 Å². The molecular formula is C16H24N4O2. The second-order valence-electron chi connectivity index (χ2n) is 6.52. The summed E-state index contributed by atoms with van der Waals surface area (Å²) < 4.78 is 2.13. The molecule has 22 heavy (non-hydrogen) atoms. The standard InChI is InChI=1S/C16H24N4O2/c1-12(21)18(2)9-14-15-10-19(16(22)8-13-4-5-13)6-3-7-20(15)11-17-14/h11,13H,3-10H2,1-2H3. The molecule has 0 bridgehead atoms. The lowest BCUT2D eigenvalue weighted by Gasteiger charge is -2.21. The molecule has 1 saturated carbocycles. The van der Waals surface area contributed by atoms with Gasteiger partial charge in [0.1, 0.15) is 0 Å². The molecular weight excluding hydrogens is 280 g/mol. The van der Waals surface area contributed by atoms with E-state index >= 15 is 0 Å². The van der Waals surface area contributed by atoms with Crippen LogP contribution in [0.1, 0.15) is 44.0 Å². The molecule has 0 N–H and O–H groups in total. The fourth-order valence-corrected chi connectivity index (χ4v) is 2.89. The lowest BCUT2D eigenvalue weighted by molar-refractivity contribution is -0.132. The highest BCUT2D eigenvalue weighted by Crippen LogP contribution is 2.33. The molecule has 0 spiro atoms. The number of carbonyl (C=O) groups excluding carboxylic acids is 2. The first kappa shape index (κ1) is 15.1. The van der Waals surface area contributed by atoms with Crippen LogP contribution in [0.15, 0.2) is 6.33 Å². The third-order valence-electron chi connectivity index (χ3n) is 4.64.